The van der Waals surface area contributed by atoms with Crippen molar-refractivity contribution in [3.05, 3.63) is 131 Å². The van der Waals surface area contributed by atoms with Gasteiger partial charge in [-0.25, -0.2) is 0 Å². The average molecular weight is 490 g/mol. The van der Waals surface area contributed by atoms with Crippen molar-refractivity contribution in [2.75, 3.05) is 4.90 Å². The van der Waals surface area contributed by atoms with Crippen molar-refractivity contribution in [1.82, 2.24) is 0 Å². The topological polar surface area (TPSA) is 57.6 Å². The van der Waals surface area contributed by atoms with E-state index in [-0.39, 0.29) is 11.3 Å². The van der Waals surface area contributed by atoms with E-state index in [4.69, 9.17) is 11.6 Å². The molecule has 0 bridgehead atoms. The number of aliphatic hydroxyl groups excluding tert-OH is 1. The summed E-state index contributed by atoms with van der Waals surface area (Å²) in [6.45, 7) is 0. The van der Waals surface area contributed by atoms with Crippen molar-refractivity contribution in [2.24, 2.45) is 0 Å². The van der Waals surface area contributed by atoms with Gasteiger partial charge in [0.05, 0.1) is 11.6 Å². The molecule has 1 N–H and O–H groups in total. The Kier molecular flexibility index (Phi) is 5.32. The lowest BCUT2D eigenvalue weighted by Crippen LogP contribution is -2.29. The third-order valence-electron chi connectivity index (χ3n) is 6.71. The minimum Gasteiger partial charge on any atom is -0.507 e. The van der Waals surface area contributed by atoms with Gasteiger partial charge in [-0.05, 0) is 51.4 Å². The van der Waals surface area contributed by atoms with Crippen LogP contribution in [0.1, 0.15) is 17.2 Å². The molecule has 5 heteroatoms. The summed E-state index contributed by atoms with van der Waals surface area (Å²) in [6, 6.07) is 32.8. The highest BCUT2D eigenvalue weighted by Crippen LogP contribution is 2.44. The molecular formula is C31H20ClNO3. The molecule has 0 aromatic heterocycles. The highest BCUT2D eigenvalue weighted by Gasteiger charge is 2.47. The maximum absolute atomic E-state index is 13.6. The van der Waals surface area contributed by atoms with Gasteiger partial charge in [-0.1, -0.05) is 96.5 Å². The summed E-state index contributed by atoms with van der Waals surface area (Å²) in [5, 5.41) is 15.8. The first-order chi connectivity index (χ1) is 17.5. The number of hydrogen-bond acceptors (Lipinski definition) is 3. The van der Waals surface area contributed by atoms with E-state index >= 15 is 0 Å². The molecule has 1 amide bonds. The fourth-order valence-corrected chi connectivity index (χ4v) is 5.19. The Morgan fingerprint density at radius 2 is 1.28 bits per heavy atom. The van der Waals surface area contributed by atoms with Crippen LogP contribution in [0.15, 0.2) is 115 Å². The molecule has 0 aliphatic carbocycles. The summed E-state index contributed by atoms with van der Waals surface area (Å²) >= 11 is 6.11. The van der Waals surface area contributed by atoms with E-state index in [1.165, 1.54) is 4.90 Å². The largest absolute Gasteiger partial charge is 0.507 e. The number of carbonyl (C=O) groups excluding carboxylic acids is 2. The van der Waals surface area contributed by atoms with E-state index in [9.17, 15) is 14.7 Å². The van der Waals surface area contributed by atoms with Crippen LogP contribution in [0.5, 0.6) is 0 Å². The molecular weight excluding hydrogens is 470 g/mol. The van der Waals surface area contributed by atoms with Gasteiger partial charge in [0.25, 0.3) is 11.7 Å². The number of carbonyl (C=O) groups is 2. The van der Waals surface area contributed by atoms with Crippen molar-refractivity contribution in [2.45, 2.75) is 6.04 Å². The maximum atomic E-state index is 13.6. The number of rotatable bonds is 3. The van der Waals surface area contributed by atoms with Gasteiger partial charge in [-0.15, -0.1) is 0 Å². The summed E-state index contributed by atoms with van der Waals surface area (Å²) in [5.74, 6) is -1.62. The molecule has 1 aliphatic heterocycles. The molecule has 6 rings (SSSR count). The van der Waals surface area contributed by atoms with E-state index in [0.29, 0.717) is 16.3 Å². The number of benzene rings is 5. The van der Waals surface area contributed by atoms with Crippen LogP contribution >= 0.6 is 11.6 Å². The second-order valence-electron chi connectivity index (χ2n) is 8.74. The molecule has 1 aliphatic rings. The van der Waals surface area contributed by atoms with Crippen molar-refractivity contribution >= 4 is 56.3 Å². The van der Waals surface area contributed by atoms with Gasteiger partial charge in [0.2, 0.25) is 0 Å². The molecule has 0 saturated carbocycles. The lowest BCUT2D eigenvalue weighted by molar-refractivity contribution is -0.132. The lowest BCUT2D eigenvalue weighted by Gasteiger charge is -2.26. The summed E-state index contributed by atoms with van der Waals surface area (Å²) < 4.78 is 0. The van der Waals surface area contributed by atoms with Crippen LogP contribution < -0.4 is 4.90 Å². The summed E-state index contributed by atoms with van der Waals surface area (Å²) in [4.78, 5) is 28.6. The van der Waals surface area contributed by atoms with E-state index in [0.717, 1.165) is 27.1 Å². The highest BCUT2D eigenvalue weighted by atomic mass is 35.5. The first-order valence-corrected chi connectivity index (χ1v) is 11.9. The molecule has 36 heavy (non-hydrogen) atoms. The first kappa shape index (κ1) is 22.1. The number of halogens is 1. The van der Waals surface area contributed by atoms with Gasteiger partial charge in [-0.2, -0.15) is 0 Å². The van der Waals surface area contributed by atoms with Crippen molar-refractivity contribution in [3.63, 3.8) is 0 Å². The SMILES string of the molecule is O=C1C(=O)N(c2ccc(Cl)cc2)C(c2cccc3ccccc23)/C1=C(\O)c1cccc2ccccc12. The molecule has 1 atom stereocenters. The Bertz CT molecular complexity index is 1690. The number of Topliss-reactive ketones (excluding diaryl/α,β-unsaturated/α-hetero) is 1. The highest BCUT2D eigenvalue weighted by molar-refractivity contribution is 6.52. The predicted molar refractivity (Wildman–Crippen MR) is 144 cm³/mol. The molecule has 5 aromatic rings. The Morgan fingerprint density at radius 1 is 0.694 bits per heavy atom. The molecule has 5 aromatic carbocycles. The Morgan fingerprint density at radius 3 is 2.00 bits per heavy atom. The third kappa shape index (κ3) is 3.46. The van der Waals surface area contributed by atoms with Gasteiger partial charge in [0.15, 0.2) is 0 Å². The number of amides is 1. The van der Waals surface area contributed by atoms with Crippen LogP contribution in [-0.4, -0.2) is 16.8 Å². The average Bonchev–Trinajstić information content (AvgIpc) is 3.18. The second-order valence-corrected chi connectivity index (χ2v) is 9.18. The zero-order chi connectivity index (χ0) is 24.8. The predicted octanol–water partition coefficient (Wildman–Crippen LogP) is 7.27. The standard InChI is InChI=1S/C31H20ClNO3/c32-21-15-17-22(18-16-21)33-28(25-13-5-9-19-7-1-3-11-23(19)25)27(30(35)31(33)36)29(34)26-14-6-10-20-8-2-4-12-24(20)26/h1-18,28,34H/b29-27+. The van der Waals surface area contributed by atoms with Gasteiger partial charge >= 0.3 is 0 Å². The number of fused-ring (bicyclic) bond motifs is 2. The smallest absolute Gasteiger partial charge is 0.300 e. The van der Waals surface area contributed by atoms with Crippen molar-refractivity contribution in [1.29, 1.82) is 0 Å². The van der Waals surface area contributed by atoms with Gasteiger partial charge in [-0.3, -0.25) is 14.5 Å². The molecule has 1 saturated heterocycles. The Hall–Kier alpha value is -4.41. The monoisotopic (exact) mass is 489 g/mol. The Labute approximate surface area is 212 Å². The summed E-state index contributed by atoms with van der Waals surface area (Å²) in [5.41, 5.74) is 1.84. The van der Waals surface area contributed by atoms with Crippen LogP contribution in [0.2, 0.25) is 5.02 Å². The van der Waals surface area contributed by atoms with Crippen LogP contribution in [0.25, 0.3) is 27.3 Å². The number of ketones is 1. The van der Waals surface area contributed by atoms with Crippen LogP contribution in [0.3, 0.4) is 0 Å². The van der Waals surface area contributed by atoms with E-state index in [2.05, 4.69) is 0 Å². The maximum Gasteiger partial charge on any atom is 0.300 e. The fraction of sp³-hybridized carbons (Fsp3) is 0.0323. The van der Waals surface area contributed by atoms with Gasteiger partial charge < -0.3 is 5.11 Å². The van der Waals surface area contributed by atoms with E-state index < -0.39 is 17.7 Å². The van der Waals surface area contributed by atoms with Crippen molar-refractivity contribution < 1.29 is 14.7 Å². The number of nitrogens with zero attached hydrogens (tertiary/aromatic N) is 1. The number of aliphatic hydroxyl groups is 1. The zero-order valence-corrected chi connectivity index (χ0v) is 19.8. The van der Waals surface area contributed by atoms with Gasteiger partial charge in [0, 0.05) is 16.3 Å². The van der Waals surface area contributed by atoms with Crippen molar-refractivity contribution in [3.8, 4) is 0 Å². The Balaban J connectivity index is 1.67. The minimum absolute atomic E-state index is 0.0580. The second kappa shape index (κ2) is 8.67. The third-order valence-corrected chi connectivity index (χ3v) is 6.96. The molecule has 1 unspecified atom stereocenters. The normalized spacial score (nSPS) is 17.2. The quantitative estimate of drug-likeness (QED) is 0.165. The number of hydrogen-bond donors (Lipinski definition) is 1. The lowest BCUT2D eigenvalue weighted by atomic mass is 9.90. The molecule has 0 radical (unpaired) electrons. The minimum atomic E-state index is -0.823. The summed E-state index contributed by atoms with van der Waals surface area (Å²) in [6.07, 6.45) is 0. The molecule has 0 spiro atoms. The fourth-order valence-electron chi connectivity index (χ4n) is 5.06. The van der Waals surface area contributed by atoms with Gasteiger partial charge in [0.1, 0.15) is 5.76 Å². The van der Waals surface area contributed by atoms with Crippen LogP contribution in [-0.2, 0) is 9.59 Å². The summed E-state index contributed by atoms with van der Waals surface area (Å²) in [7, 11) is 0. The molecule has 1 fully saturated rings. The van der Waals surface area contributed by atoms with Crippen LogP contribution in [0, 0.1) is 0 Å². The number of anilines is 1. The first-order valence-electron chi connectivity index (χ1n) is 11.6. The molecule has 1 heterocycles. The molecule has 174 valence electrons. The van der Waals surface area contributed by atoms with Crippen LogP contribution in [0.4, 0.5) is 5.69 Å². The zero-order valence-electron chi connectivity index (χ0n) is 19.1. The van der Waals surface area contributed by atoms with E-state index in [1.54, 1.807) is 30.3 Å². The molecule has 4 nitrogen and oxygen atoms in total. The van der Waals surface area contributed by atoms with E-state index in [1.807, 2.05) is 78.9 Å².